The van der Waals surface area contributed by atoms with Gasteiger partial charge < -0.3 is 20.1 Å². The SMILES string of the molecule is COCCNC(C)c1ccc2c(c1)NC(=O)CO2. The molecule has 1 aromatic rings. The van der Waals surface area contributed by atoms with Crippen LogP contribution in [0.1, 0.15) is 18.5 Å². The smallest absolute Gasteiger partial charge is 0.262 e. The molecule has 0 saturated heterocycles. The van der Waals surface area contributed by atoms with Crippen LogP contribution in [0.25, 0.3) is 0 Å². The highest BCUT2D eigenvalue weighted by Gasteiger charge is 2.17. The molecule has 5 nitrogen and oxygen atoms in total. The van der Waals surface area contributed by atoms with Crippen molar-refractivity contribution < 1.29 is 14.3 Å². The number of ether oxygens (including phenoxy) is 2. The molecule has 1 atom stereocenters. The number of hydrogen-bond donors (Lipinski definition) is 2. The standard InChI is InChI=1S/C13H18N2O3/c1-9(14-5-6-17-2)10-3-4-12-11(7-10)15-13(16)8-18-12/h3-4,7,9,14H,5-6,8H2,1-2H3,(H,15,16). The summed E-state index contributed by atoms with van der Waals surface area (Å²) < 4.78 is 10.3. The van der Waals surface area contributed by atoms with Crippen LogP contribution in [0.15, 0.2) is 18.2 Å². The highest BCUT2D eigenvalue weighted by molar-refractivity contribution is 5.95. The van der Waals surface area contributed by atoms with Gasteiger partial charge in [0.05, 0.1) is 12.3 Å². The van der Waals surface area contributed by atoms with Gasteiger partial charge in [0.1, 0.15) is 5.75 Å². The monoisotopic (exact) mass is 250 g/mol. The lowest BCUT2D eigenvalue weighted by molar-refractivity contribution is -0.118. The van der Waals surface area contributed by atoms with Crippen LogP contribution in [0.5, 0.6) is 5.75 Å². The number of anilines is 1. The number of rotatable bonds is 5. The summed E-state index contributed by atoms with van der Waals surface area (Å²) in [6.07, 6.45) is 0. The molecule has 1 amide bonds. The Morgan fingerprint density at radius 3 is 3.17 bits per heavy atom. The molecule has 1 unspecified atom stereocenters. The summed E-state index contributed by atoms with van der Waals surface area (Å²) in [7, 11) is 1.68. The Balaban J connectivity index is 2.05. The van der Waals surface area contributed by atoms with Gasteiger partial charge in [-0.25, -0.2) is 0 Å². The molecule has 1 aliphatic rings. The van der Waals surface area contributed by atoms with Crippen LogP contribution in [0, 0.1) is 0 Å². The van der Waals surface area contributed by atoms with E-state index in [1.165, 1.54) is 0 Å². The highest BCUT2D eigenvalue weighted by Crippen LogP contribution is 2.30. The zero-order chi connectivity index (χ0) is 13.0. The fourth-order valence-electron chi connectivity index (χ4n) is 1.87. The fraction of sp³-hybridized carbons (Fsp3) is 0.462. The summed E-state index contributed by atoms with van der Waals surface area (Å²) in [4.78, 5) is 11.2. The van der Waals surface area contributed by atoms with Crippen LogP contribution in [-0.2, 0) is 9.53 Å². The molecule has 0 bridgehead atoms. The van der Waals surface area contributed by atoms with Crippen LogP contribution in [0.3, 0.4) is 0 Å². The second-order valence-corrected chi connectivity index (χ2v) is 4.26. The number of carbonyl (C=O) groups excluding carboxylic acids is 1. The van der Waals surface area contributed by atoms with Gasteiger partial charge in [0.25, 0.3) is 5.91 Å². The normalized spacial score (nSPS) is 15.6. The topological polar surface area (TPSA) is 59.6 Å². The van der Waals surface area contributed by atoms with E-state index in [9.17, 15) is 4.79 Å². The molecule has 2 N–H and O–H groups in total. The van der Waals surface area contributed by atoms with E-state index < -0.39 is 0 Å². The first-order valence-electron chi connectivity index (χ1n) is 5.99. The van der Waals surface area contributed by atoms with Crippen molar-refractivity contribution >= 4 is 11.6 Å². The predicted molar refractivity (Wildman–Crippen MR) is 68.9 cm³/mol. The van der Waals surface area contributed by atoms with Crippen molar-refractivity contribution in [1.29, 1.82) is 0 Å². The molecule has 1 aliphatic heterocycles. The minimum absolute atomic E-state index is 0.0913. The Morgan fingerprint density at radius 1 is 1.56 bits per heavy atom. The number of nitrogens with one attached hydrogen (secondary N) is 2. The second-order valence-electron chi connectivity index (χ2n) is 4.26. The maximum absolute atomic E-state index is 11.2. The first-order chi connectivity index (χ1) is 8.70. The molecule has 1 heterocycles. The van der Waals surface area contributed by atoms with Crippen LogP contribution in [0.4, 0.5) is 5.69 Å². The van der Waals surface area contributed by atoms with E-state index in [4.69, 9.17) is 9.47 Å². The number of amides is 1. The number of carbonyl (C=O) groups is 1. The molecule has 5 heteroatoms. The maximum atomic E-state index is 11.2. The quantitative estimate of drug-likeness (QED) is 0.774. The predicted octanol–water partition coefficient (Wildman–Crippen LogP) is 1.31. The molecule has 1 aromatic carbocycles. The third-order valence-corrected chi connectivity index (χ3v) is 2.89. The van der Waals surface area contributed by atoms with Gasteiger partial charge in [-0.1, -0.05) is 6.07 Å². The first kappa shape index (κ1) is 12.9. The van der Waals surface area contributed by atoms with Gasteiger partial charge in [0.15, 0.2) is 6.61 Å². The molecule has 0 spiro atoms. The largest absolute Gasteiger partial charge is 0.482 e. The van der Waals surface area contributed by atoms with Crippen LogP contribution in [0.2, 0.25) is 0 Å². The first-order valence-corrected chi connectivity index (χ1v) is 5.99. The van der Waals surface area contributed by atoms with Crippen molar-refractivity contribution in [3.8, 4) is 5.75 Å². The zero-order valence-electron chi connectivity index (χ0n) is 10.7. The molecule has 2 rings (SSSR count). The molecule has 0 fully saturated rings. The lowest BCUT2D eigenvalue weighted by atomic mass is 10.1. The molecular weight excluding hydrogens is 232 g/mol. The summed E-state index contributed by atoms with van der Waals surface area (Å²) >= 11 is 0. The van der Waals surface area contributed by atoms with E-state index in [0.717, 1.165) is 23.5 Å². The average molecular weight is 250 g/mol. The third-order valence-electron chi connectivity index (χ3n) is 2.89. The Bertz CT molecular complexity index is 434. The summed E-state index contributed by atoms with van der Waals surface area (Å²) in [6.45, 7) is 3.63. The van der Waals surface area contributed by atoms with Gasteiger partial charge in [-0.05, 0) is 24.6 Å². The molecule has 0 aromatic heterocycles. The van der Waals surface area contributed by atoms with Gasteiger partial charge in [0.2, 0.25) is 0 Å². The van der Waals surface area contributed by atoms with Gasteiger partial charge in [0, 0.05) is 19.7 Å². The lowest BCUT2D eigenvalue weighted by Crippen LogP contribution is -2.26. The van der Waals surface area contributed by atoms with Gasteiger partial charge >= 0.3 is 0 Å². The molecular formula is C13H18N2O3. The number of methoxy groups -OCH3 is 1. The maximum Gasteiger partial charge on any atom is 0.262 e. The van der Waals surface area contributed by atoms with Gasteiger partial charge in [-0.3, -0.25) is 4.79 Å². The van der Waals surface area contributed by atoms with Crippen molar-refractivity contribution in [2.24, 2.45) is 0 Å². The van der Waals surface area contributed by atoms with Crippen LogP contribution >= 0.6 is 0 Å². The molecule has 0 aliphatic carbocycles. The summed E-state index contributed by atoms with van der Waals surface area (Å²) in [5, 5.41) is 6.15. The fourth-order valence-corrected chi connectivity index (χ4v) is 1.87. The molecule has 0 saturated carbocycles. The second kappa shape index (κ2) is 5.84. The van der Waals surface area contributed by atoms with Crippen molar-refractivity contribution in [3.63, 3.8) is 0 Å². The average Bonchev–Trinajstić information content (AvgIpc) is 2.38. The number of hydrogen-bond acceptors (Lipinski definition) is 4. The van der Waals surface area contributed by atoms with E-state index in [2.05, 4.69) is 17.6 Å². The van der Waals surface area contributed by atoms with Crippen molar-refractivity contribution in [3.05, 3.63) is 23.8 Å². The Labute approximate surface area is 106 Å². The Hall–Kier alpha value is -1.59. The van der Waals surface area contributed by atoms with E-state index in [0.29, 0.717) is 6.61 Å². The minimum Gasteiger partial charge on any atom is -0.482 e. The molecule has 0 radical (unpaired) electrons. The lowest BCUT2D eigenvalue weighted by Gasteiger charge is -2.20. The molecule has 98 valence electrons. The third kappa shape index (κ3) is 3.00. The summed E-state index contributed by atoms with van der Waals surface area (Å²) in [5.41, 5.74) is 1.85. The van der Waals surface area contributed by atoms with Crippen molar-refractivity contribution in [2.75, 3.05) is 32.2 Å². The Kier molecular flexibility index (Phi) is 4.17. The number of benzene rings is 1. The van der Waals surface area contributed by atoms with E-state index in [1.54, 1.807) is 7.11 Å². The summed E-state index contributed by atoms with van der Waals surface area (Å²) in [5.74, 6) is 0.613. The van der Waals surface area contributed by atoms with E-state index in [-0.39, 0.29) is 18.6 Å². The van der Waals surface area contributed by atoms with Gasteiger partial charge in [-0.2, -0.15) is 0 Å². The Morgan fingerprint density at radius 2 is 2.39 bits per heavy atom. The van der Waals surface area contributed by atoms with Crippen molar-refractivity contribution in [1.82, 2.24) is 5.32 Å². The summed E-state index contributed by atoms with van der Waals surface area (Å²) in [6, 6.07) is 6.03. The highest BCUT2D eigenvalue weighted by atomic mass is 16.5. The van der Waals surface area contributed by atoms with Crippen molar-refractivity contribution in [2.45, 2.75) is 13.0 Å². The van der Waals surface area contributed by atoms with E-state index in [1.807, 2.05) is 18.2 Å². The van der Waals surface area contributed by atoms with Crippen LogP contribution < -0.4 is 15.4 Å². The molecule has 18 heavy (non-hydrogen) atoms. The van der Waals surface area contributed by atoms with Gasteiger partial charge in [-0.15, -0.1) is 0 Å². The minimum atomic E-state index is -0.111. The number of fused-ring (bicyclic) bond motifs is 1. The van der Waals surface area contributed by atoms with Crippen LogP contribution in [-0.4, -0.2) is 32.8 Å². The van der Waals surface area contributed by atoms with E-state index >= 15 is 0 Å². The zero-order valence-corrected chi connectivity index (χ0v) is 10.7.